The van der Waals surface area contributed by atoms with Crippen LogP contribution in [0.1, 0.15) is 43.9 Å². The molecule has 0 radical (unpaired) electrons. The van der Waals surface area contributed by atoms with Crippen LogP contribution in [0, 0.1) is 12.3 Å². The zero-order valence-corrected chi connectivity index (χ0v) is 19.0. The van der Waals surface area contributed by atoms with Crippen LogP contribution in [0.3, 0.4) is 0 Å². The molecular weight excluding hydrogens is 446 g/mol. The van der Waals surface area contributed by atoms with E-state index in [0.29, 0.717) is 5.56 Å². The van der Waals surface area contributed by atoms with Crippen molar-refractivity contribution in [1.29, 1.82) is 0 Å². The van der Waals surface area contributed by atoms with E-state index in [9.17, 15) is 15.0 Å². The minimum atomic E-state index is -1.59. The first-order chi connectivity index (χ1) is 14.2. The van der Waals surface area contributed by atoms with Gasteiger partial charge in [-0.1, -0.05) is 41.9 Å². The molecule has 1 aliphatic rings. The van der Waals surface area contributed by atoms with Crippen LogP contribution < -0.4 is 4.90 Å². The van der Waals surface area contributed by atoms with Crippen LogP contribution >= 0.6 is 15.9 Å². The van der Waals surface area contributed by atoms with Crippen LogP contribution in [-0.2, 0) is 4.79 Å². The Bertz CT molecular complexity index is 1110. The molecule has 3 heterocycles. The van der Waals surface area contributed by atoms with Gasteiger partial charge < -0.3 is 15.1 Å². The Kier molecular flexibility index (Phi) is 5.36. The highest BCUT2D eigenvalue weighted by molar-refractivity contribution is 9.10. The number of carboxylic acids is 1. The van der Waals surface area contributed by atoms with E-state index in [0.717, 1.165) is 58.7 Å². The number of benzene rings is 1. The molecule has 1 aliphatic heterocycles. The summed E-state index contributed by atoms with van der Waals surface area (Å²) < 4.78 is 2.90. The average Bonchev–Trinajstić information content (AvgIpc) is 3.10. The van der Waals surface area contributed by atoms with Gasteiger partial charge in [0.1, 0.15) is 11.5 Å². The van der Waals surface area contributed by atoms with Gasteiger partial charge in [-0.25, -0.2) is 9.78 Å². The Morgan fingerprint density at radius 2 is 1.93 bits per heavy atom. The van der Waals surface area contributed by atoms with E-state index >= 15 is 0 Å². The molecule has 0 bridgehead atoms. The maximum Gasteiger partial charge on any atom is 0.337 e. The molecule has 1 aromatic carbocycles. The van der Waals surface area contributed by atoms with E-state index in [2.05, 4.69) is 34.7 Å². The van der Waals surface area contributed by atoms with E-state index in [1.165, 1.54) is 0 Å². The average molecular weight is 472 g/mol. The zero-order chi connectivity index (χ0) is 21.6. The maximum atomic E-state index is 11.7. The smallest absolute Gasteiger partial charge is 0.337 e. The van der Waals surface area contributed by atoms with Gasteiger partial charge in [0.2, 0.25) is 0 Å². The minimum Gasteiger partial charge on any atom is -0.479 e. The number of halogens is 1. The Morgan fingerprint density at radius 3 is 2.57 bits per heavy atom. The molecule has 7 heteroatoms. The number of aliphatic hydroxyl groups is 1. The lowest BCUT2D eigenvalue weighted by molar-refractivity contribution is -0.147. The van der Waals surface area contributed by atoms with Crippen molar-refractivity contribution in [2.24, 2.45) is 5.41 Å². The van der Waals surface area contributed by atoms with Gasteiger partial charge in [0, 0.05) is 34.9 Å². The van der Waals surface area contributed by atoms with Gasteiger partial charge in [-0.2, -0.15) is 0 Å². The third-order valence-corrected chi connectivity index (χ3v) is 6.51. The number of aromatic nitrogens is 2. The van der Waals surface area contributed by atoms with Gasteiger partial charge in [0.25, 0.3) is 0 Å². The van der Waals surface area contributed by atoms with Crippen molar-refractivity contribution in [2.45, 2.75) is 39.7 Å². The van der Waals surface area contributed by atoms with Crippen LogP contribution in [0.25, 0.3) is 16.9 Å². The third-order valence-electron chi connectivity index (χ3n) is 6.02. The standard InChI is InChI=1S/C23H26BrN3O3/c1-14-11-18-25-17(15-5-4-6-16(24)12-15)13-27(18)21(19(14)20(28)22(29)30)26-9-7-23(2,3)8-10-26/h4-6,11-13,20,28H,7-10H2,1-3H3,(H,29,30). The molecule has 1 unspecified atom stereocenters. The molecule has 158 valence electrons. The van der Waals surface area contributed by atoms with Gasteiger partial charge in [0.15, 0.2) is 6.10 Å². The molecule has 0 amide bonds. The molecule has 4 rings (SSSR count). The molecule has 1 saturated heterocycles. The number of aliphatic hydroxyl groups excluding tert-OH is 1. The van der Waals surface area contributed by atoms with Crippen molar-refractivity contribution in [3.8, 4) is 11.3 Å². The summed E-state index contributed by atoms with van der Waals surface area (Å²) in [5, 5.41) is 20.1. The highest BCUT2D eigenvalue weighted by Gasteiger charge is 2.32. The summed E-state index contributed by atoms with van der Waals surface area (Å²) in [5.41, 5.74) is 3.93. The minimum absolute atomic E-state index is 0.251. The molecule has 2 aromatic heterocycles. The third kappa shape index (κ3) is 3.84. The van der Waals surface area contributed by atoms with E-state index < -0.39 is 12.1 Å². The second-order valence-corrected chi connectivity index (χ2v) is 9.74. The highest BCUT2D eigenvalue weighted by Crippen LogP contribution is 2.38. The second kappa shape index (κ2) is 7.71. The lowest BCUT2D eigenvalue weighted by Gasteiger charge is -2.39. The second-order valence-electron chi connectivity index (χ2n) is 8.82. The summed E-state index contributed by atoms with van der Waals surface area (Å²) >= 11 is 3.51. The number of piperidine rings is 1. The summed E-state index contributed by atoms with van der Waals surface area (Å²) in [4.78, 5) is 18.7. The molecule has 0 aliphatic carbocycles. The first kappa shape index (κ1) is 20.9. The van der Waals surface area contributed by atoms with Crippen molar-refractivity contribution in [2.75, 3.05) is 18.0 Å². The summed E-state index contributed by atoms with van der Waals surface area (Å²) in [6.07, 6.45) is 2.34. The van der Waals surface area contributed by atoms with Crippen LogP contribution in [0.5, 0.6) is 0 Å². The molecule has 6 nitrogen and oxygen atoms in total. The quantitative estimate of drug-likeness (QED) is 0.570. The predicted octanol–water partition coefficient (Wildman–Crippen LogP) is 4.82. The van der Waals surface area contributed by atoms with Gasteiger partial charge in [0.05, 0.1) is 5.69 Å². The summed E-state index contributed by atoms with van der Waals surface area (Å²) in [5.74, 6) is -0.521. The normalized spacial score (nSPS) is 17.3. The van der Waals surface area contributed by atoms with Gasteiger partial charge in [-0.05, 0) is 48.9 Å². The number of aliphatic carboxylic acids is 1. The lowest BCUT2D eigenvalue weighted by Crippen LogP contribution is -2.39. The lowest BCUT2D eigenvalue weighted by atomic mass is 9.82. The number of rotatable bonds is 4. The van der Waals surface area contributed by atoms with Crippen molar-refractivity contribution in [3.63, 3.8) is 0 Å². The van der Waals surface area contributed by atoms with E-state index in [1.807, 2.05) is 47.9 Å². The Hall–Kier alpha value is -2.38. The van der Waals surface area contributed by atoms with E-state index in [4.69, 9.17) is 4.98 Å². The topological polar surface area (TPSA) is 78.1 Å². The summed E-state index contributed by atoms with van der Waals surface area (Å²) in [6, 6.07) is 9.77. The number of fused-ring (bicyclic) bond motifs is 1. The largest absolute Gasteiger partial charge is 0.479 e. The SMILES string of the molecule is Cc1cc2nc(-c3cccc(Br)c3)cn2c(N2CCC(C)(C)CC2)c1C(O)C(=O)O. The number of carboxylic acid groups (broad SMARTS) is 1. The highest BCUT2D eigenvalue weighted by atomic mass is 79.9. The van der Waals surface area contributed by atoms with Crippen molar-refractivity contribution >= 4 is 33.4 Å². The molecule has 30 heavy (non-hydrogen) atoms. The van der Waals surface area contributed by atoms with Crippen LogP contribution in [-0.4, -0.2) is 38.7 Å². The molecule has 1 fully saturated rings. The first-order valence-corrected chi connectivity index (χ1v) is 10.9. The van der Waals surface area contributed by atoms with Gasteiger partial charge in [-0.15, -0.1) is 0 Å². The van der Waals surface area contributed by atoms with Crippen molar-refractivity contribution in [3.05, 3.63) is 52.1 Å². The Balaban J connectivity index is 1.92. The molecule has 1 atom stereocenters. The number of anilines is 1. The number of nitrogens with zero attached hydrogens (tertiary/aromatic N) is 3. The predicted molar refractivity (Wildman–Crippen MR) is 121 cm³/mol. The van der Waals surface area contributed by atoms with E-state index in [-0.39, 0.29) is 5.41 Å². The molecule has 0 saturated carbocycles. The molecular formula is C23H26BrN3O3. The van der Waals surface area contributed by atoms with E-state index in [1.54, 1.807) is 0 Å². The monoisotopic (exact) mass is 471 g/mol. The number of aryl methyl sites for hydroxylation is 1. The fraction of sp³-hybridized carbons (Fsp3) is 0.391. The fourth-order valence-corrected chi connectivity index (χ4v) is 4.54. The fourth-order valence-electron chi connectivity index (χ4n) is 4.14. The Morgan fingerprint density at radius 1 is 1.23 bits per heavy atom. The van der Waals surface area contributed by atoms with Crippen molar-refractivity contribution < 1.29 is 15.0 Å². The molecule has 2 N–H and O–H groups in total. The van der Waals surface area contributed by atoms with Crippen molar-refractivity contribution in [1.82, 2.24) is 9.38 Å². The number of carbonyl (C=O) groups is 1. The molecule has 0 spiro atoms. The molecule has 3 aromatic rings. The van der Waals surface area contributed by atoms with Crippen LogP contribution in [0.2, 0.25) is 0 Å². The summed E-state index contributed by atoms with van der Waals surface area (Å²) in [6.45, 7) is 7.95. The van der Waals surface area contributed by atoms with Crippen LogP contribution in [0.15, 0.2) is 41.0 Å². The number of hydrogen-bond acceptors (Lipinski definition) is 4. The Labute approximate surface area is 184 Å². The maximum absolute atomic E-state index is 11.7. The zero-order valence-electron chi connectivity index (χ0n) is 17.4. The van der Waals surface area contributed by atoms with Gasteiger partial charge >= 0.3 is 5.97 Å². The van der Waals surface area contributed by atoms with Crippen LogP contribution in [0.4, 0.5) is 5.82 Å². The summed E-state index contributed by atoms with van der Waals surface area (Å²) in [7, 11) is 0. The first-order valence-electron chi connectivity index (χ1n) is 10.1. The number of imidazole rings is 1. The van der Waals surface area contributed by atoms with Gasteiger partial charge in [-0.3, -0.25) is 4.40 Å². The number of hydrogen-bond donors (Lipinski definition) is 2. The number of pyridine rings is 1.